The molecule has 0 fully saturated rings. The number of nitrogens with zero attached hydrogens (tertiary/aromatic N) is 1. The maximum Gasteiger partial charge on any atom is 0.329 e. The average molecular weight is 485 g/mol. The van der Waals surface area contributed by atoms with Gasteiger partial charge in [-0.25, -0.2) is 18.6 Å². The Morgan fingerprint density at radius 2 is 1.83 bits per heavy atom. The van der Waals surface area contributed by atoms with Gasteiger partial charge in [-0.15, -0.1) is 0 Å². The number of halogens is 1. The summed E-state index contributed by atoms with van der Waals surface area (Å²) in [5, 5.41) is 6.11. The first-order valence-electron chi connectivity index (χ1n) is 8.62. The monoisotopic (exact) mass is 484 g/mol. The molecule has 0 unspecified atom stereocenters. The quantitative estimate of drug-likeness (QED) is 0.298. The molecule has 0 atom stereocenters. The van der Waals surface area contributed by atoms with E-state index in [1.807, 2.05) is 13.8 Å². The first-order valence-corrected chi connectivity index (χ1v) is 10.9. The second-order valence-corrected chi connectivity index (χ2v) is 9.07. The van der Waals surface area contributed by atoms with Crippen LogP contribution in [0.25, 0.3) is 0 Å². The van der Waals surface area contributed by atoms with Crippen LogP contribution in [0.5, 0.6) is 0 Å². The van der Waals surface area contributed by atoms with E-state index >= 15 is 0 Å². The third-order valence-corrected chi connectivity index (χ3v) is 5.42. The lowest BCUT2D eigenvalue weighted by atomic mass is 10.2. The molecule has 1 aromatic heterocycles. The number of furan rings is 1. The molecule has 0 spiro atoms. The fourth-order valence-electron chi connectivity index (χ4n) is 2.00. The van der Waals surface area contributed by atoms with E-state index in [4.69, 9.17) is 4.42 Å². The van der Waals surface area contributed by atoms with E-state index in [1.54, 1.807) is 24.3 Å². The van der Waals surface area contributed by atoms with E-state index in [9.17, 15) is 18.0 Å². The number of sulfonamides is 1. The van der Waals surface area contributed by atoms with Crippen molar-refractivity contribution in [3.63, 3.8) is 0 Å². The molecule has 29 heavy (non-hydrogen) atoms. The smallest absolute Gasteiger partial charge is 0.329 e. The minimum atomic E-state index is -3.68. The molecule has 0 saturated carbocycles. The van der Waals surface area contributed by atoms with Crippen molar-refractivity contribution in [3.8, 4) is 0 Å². The minimum Gasteiger partial charge on any atom is -0.459 e. The molecule has 2 rings (SSSR count). The highest BCUT2D eigenvalue weighted by molar-refractivity contribution is 9.10. The standard InChI is InChI=1S/C18H21BrN4O5S/c1-12(2)9-20-17(24)18(25)23-21-10-14-5-6-15(28-14)11-22-29(26,27)16-7-3-13(19)4-8-16/h3-8,10,12,22H,9,11H2,1-2H3,(H,20,24)(H,23,25)/b21-10+. The summed E-state index contributed by atoms with van der Waals surface area (Å²) >= 11 is 3.25. The van der Waals surface area contributed by atoms with Gasteiger partial charge in [-0.3, -0.25) is 9.59 Å². The van der Waals surface area contributed by atoms with Crippen LogP contribution in [0.1, 0.15) is 25.4 Å². The molecule has 1 heterocycles. The molecule has 1 aromatic carbocycles. The van der Waals surface area contributed by atoms with Gasteiger partial charge in [-0.2, -0.15) is 5.10 Å². The van der Waals surface area contributed by atoms with E-state index in [-0.39, 0.29) is 23.1 Å². The number of hydrogen-bond donors (Lipinski definition) is 3. The van der Waals surface area contributed by atoms with Gasteiger partial charge in [0.1, 0.15) is 11.5 Å². The molecule has 2 amide bonds. The Balaban J connectivity index is 1.86. The van der Waals surface area contributed by atoms with Gasteiger partial charge >= 0.3 is 11.8 Å². The molecule has 2 aromatic rings. The summed E-state index contributed by atoms with van der Waals surface area (Å²) in [5.74, 6) is -0.814. The first kappa shape index (κ1) is 22.8. The van der Waals surface area contributed by atoms with Gasteiger partial charge in [0.25, 0.3) is 0 Å². The first-order chi connectivity index (χ1) is 13.7. The van der Waals surface area contributed by atoms with Gasteiger partial charge < -0.3 is 9.73 Å². The van der Waals surface area contributed by atoms with E-state index in [2.05, 4.69) is 36.5 Å². The van der Waals surface area contributed by atoms with Crippen LogP contribution < -0.4 is 15.5 Å². The van der Waals surface area contributed by atoms with E-state index in [1.165, 1.54) is 18.3 Å². The van der Waals surface area contributed by atoms with Crippen molar-refractivity contribution in [1.29, 1.82) is 0 Å². The number of amides is 2. The van der Waals surface area contributed by atoms with Crippen molar-refractivity contribution < 1.29 is 22.4 Å². The molecule has 9 nitrogen and oxygen atoms in total. The molecule has 0 bridgehead atoms. The summed E-state index contributed by atoms with van der Waals surface area (Å²) in [7, 11) is -3.68. The van der Waals surface area contributed by atoms with Crippen molar-refractivity contribution >= 4 is 44.0 Å². The highest BCUT2D eigenvalue weighted by atomic mass is 79.9. The number of carbonyl (C=O) groups excluding carboxylic acids is 2. The average Bonchev–Trinajstić information content (AvgIpc) is 3.12. The molecular formula is C18H21BrN4O5S. The summed E-state index contributed by atoms with van der Waals surface area (Å²) in [6, 6.07) is 9.35. The van der Waals surface area contributed by atoms with Crippen molar-refractivity contribution in [2.45, 2.75) is 25.3 Å². The minimum absolute atomic E-state index is 0.0593. The maximum atomic E-state index is 12.2. The van der Waals surface area contributed by atoms with Gasteiger partial charge in [-0.1, -0.05) is 29.8 Å². The number of nitrogens with one attached hydrogen (secondary N) is 3. The molecule has 0 aliphatic heterocycles. The molecule has 0 saturated heterocycles. The van der Waals surface area contributed by atoms with Gasteiger partial charge in [0.2, 0.25) is 10.0 Å². The zero-order valence-corrected chi connectivity index (χ0v) is 18.2. The molecule has 0 aliphatic carbocycles. The number of benzene rings is 1. The van der Waals surface area contributed by atoms with Crippen LogP contribution >= 0.6 is 15.9 Å². The number of rotatable bonds is 8. The summed E-state index contributed by atoms with van der Waals surface area (Å²) in [5.41, 5.74) is 2.09. The lowest BCUT2D eigenvalue weighted by Crippen LogP contribution is -2.39. The van der Waals surface area contributed by atoms with Gasteiger partial charge in [-0.05, 0) is 42.3 Å². The molecular weight excluding hydrogens is 464 g/mol. The lowest BCUT2D eigenvalue weighted by molar-refractivity contribution is -0.139. The Labute approximate surface area is 177 Å². The lowest BCUT2D eigenvalue weighted by Gasteiger charge is -2.05. The molecule has 11 heteroatoms. The van der Waals surface area contributed by atoms with Gasteiger partial charge in [0.15, 0.2) is 0 Å². The number of hydrogen-bond acceptors (Lipinski definition) is 6. The Hall–Kier alpha value is -2.50. The van der Waals surface area contributed by atoms with Crippen LogP contribution in [0.3, 0.4) is 0 Å². The summed E-state index contributed by atoms with van der Waals surface area (Å²) < 4.78 is 33.1. The van der Waals surface area contributed by atoms with Crippen LogP contribution in [-0.2, 0) is 26.2 Å². The van der Waals surface area contributed by atoms with Crippen LogP contribution in [-0.4, -0.2) is 33.0 Å². The summed E-state index contributed by atoms with van der Waals surface area (Å²) in [6.07, 6.45) is 1.21. The van der Waals surface area contributed by atoms with Crippen molar-refractivity contribution in [3.05, 3.63) is 52.4 Å². The summed E-state index contributed by atoms with van der Waals surface area (Å²) in [4.78, 5) is 23.2. The maximum absolute atomic E-state index is 12.2. The van der Waals surface area contributed by atoms with Crippen LogP contribution in [0.4, 0.5) is 0 Å². The Morgan fingerprint density at radius 3 is 2.48 bits per heavy atom. The highest BCUT2D eigenvalue weighted by Crippen LogP contribution is 2.15. The second-order valence-electron chi connectivity index (χ2n) is 6.39. The van der Waals surface area contributed by atoms with Crippen molar-refractivity contribution in [1.82, 2.24) is 15.5 Å². The van der Waals surface area contributed by atoms with Crippen LogP contribution in [0, 0.1) is 5.92 Å². The predicted octanol–water partition coefficient (Wildman–Crippen LogP) is 1.74. The van der Waals surface area contributed by atoms with E-state index < -0.39 is 21.8 Å². The largest absolute Gasteiger partial charge is 0.459 e. The SMILES string of the molecule is CC(C)CNC(=O)C(=O)N/N=C/c1ccc(CNS(=O)(=O)c2ccc(Br)cc2)o1. The highest BCUT2D eigenvalue weighted by Gasteiger charge is 2.15. The fourth-order valence-corrected chi connectivity index (χ4v) is 3.26. The number of hydrazone groups is 1. The van der Waals surface area contributed by atoms with Crippen molar-refractivity contribution in [2.24, 2.45) is 11.0 Å². The fraction of sp³-hybridized carbons (Fsp3) is 0.278. The zero-order chi connectivity index (χ0) is 21.4. The third kappa shape index (κ3) is 7.44. The Morgan fingerprint density at radius 1 is 1.14 bits per heavy atom. The third-order valence-electron chi connectivity index (χ3n) is 3.48. The zero-order valence-electron chi connectivity index (χ0n) is 15.8. The van der Waals surface area contributed by atoms with Gasteiger partial charge in [0.05, 0.1) is 17.7 Å². The normalized spacial score (nSPS) is 11.7. The van der Waals surface area contributed by atoms with Crippen LogP contribution in [0.2, 0.25) is 0 Å². The molecule has 156 valence electrons. The molecule has 3 N–H and O–H groups in total. The summed E-state index contributed by atoms with van der Waals surface area (Å²) in [6.45, 7) is 4.14. The second kappa shape index (κ2) is 10.3. The van der Waals surface area contributed by atoms with Crippen molar-refractivity contribution in [2.75, 3.05) is 6.54 Å². The molecule has 0 aliphatic rings. The van der Waals surface area contributed by atoms with Crippen LogP contribution in [0.15, 0.2) is 55.3 Å². The number of carbonyl (C=O) groups is 2. The topological polar surface area (TPSA) is 130 Å². The Bertz CT molecular complexity index is 984. The van der Waals surface area contributed by atoms with E-state index in [0.717, 1.165) is 4.47 Å². The van der Waals surface area contributed by atoms with E-state index in [0.29, 0.717) is 12.3 Å². The van der Waals surface area contributed by atoms with Gasteiger partial charge in [0, 0.05) is 11.0 Å². The Kier molecular flexibility index (Phi) is 8.11. The predicted molar refractivity (Wildman–Crippen MR) is 110 cm³/mol. The molecule has 0 radical (unpaired) electrons.